The summed E-state index contributed by atoms with van der Waals surface area (Å²) in [6.07, 6.45) is 3.23. The number of rotatable bonds is 4. The van der Waals surface area contributed by atoms with E-state index in [1.807, 2.05) is 25.1 Å². The summed E-state index contributed by atoms with van der Waals surface area (Å²) < 4.78 is 0. The van der Waals surface area contributed by atoms with Gasteiger partial charge in [-0.25, -0.2) is 4.98 Å². The van der Waals surface area contributed by atoms with E-state index >= 15 is 0 Å². The lowest BCUT2D eigenvalue weighted by Gasteiger charge is -1.98. The summed E-state index contributed by atoms with van der Waals surface area (Å²) in [5.41, 5.74) is 2.42. The first-order valence-corrected chi connectivity index (χ1v) is 7.76. The smallest absolute Gasteiger partial charge is 0.273 e. The summed E-state index contributed by atoms with van der Waals surface area (Å²) in [7, 11) is 0. The molecule has 3 rings (SSSR count). The Morgan fingerprint density at radius 3 is 2.78 bits per heavy atom. The van der Waals surface area contributed by atoms with E-state index in [1.165, 1.54) is 30.5 Å². The SMILES string of the molecule is CC(=O)c1c[nH]c(C(=O)Nc2nc(C)c(-c3ccccn3)s2)c1. The van der Waals surface area contributed by atoms with Gasteiger partial charge in [-0.2, -0.15) is 0 Å². The van der Waals surface area contributed by atoms with E-state index < -0.39 is 0 Å². The van der Waals surface area contributed by atoms with Gasteiger partial charge in [-0.05, 0) is 32.0 Å². The van der Waals surface area contributed by atoms with Gasteiger partial charge in [-0.1, -0.05) is 17.4 Å². The zero-order valence-electron chi connectivity index (χ0n) is 12.6. The lowest BCUT2D eigenvalue weighted by molar-refractivity contribution is 0.101. The lowest BCUT2D eigenvalue weighted by Crippen LogP contribution is -2.11. The van der Waals surface area contributed by atoms with E-state index in [9.17, 15) is 9.59 Å². The van der Waals surface area contributed by atoms with Gasteiger partial charge in [0.1, 0.15) is 5.69 Å². The van der Waals surface area contributed by atoms with Gasteiger partial charge in [0.25, 0.3) is 5.91 Å². The molecule has 0 saturated heterocycles. The third-order valence-corrected chi connectivity index (χ3v) is 4.34. The molecule has 3 heterocycles. The number of hydrogen-bond donors (Lipinski definition) is 2. The number of nitrogens with one attached hydrogen (secondary N) is 2. The first kappa shape index (κ1) is 15.1. The molecule has 2 N–H and O–H groups in total. The van der Waals surface area contributed by atoms with Crippen LogP contribution in [0.15, 0.2) is 36.7 Å². The van der Waals surface area contributed by atoms with Crippen LogP contribution < -0.4 is 5.32 Å². The number of aryl methyl sites for hydroxylation is 1. The second kappa shape index (κ2) is 6.13. The maximum absolute atomic E-state index is 12.2. The minimum Gasteiger partial charge on any atom is -0.356 e. The minimum absolute atomic E-state index is 0.0946. The van der Waals surface area contributed by atoms with Gasteiger partial charge in [-0.15, -0.1) is 0 Å². The van der Waals surface area contributed by atoms with Crippen LogP contribution in [0.2, 0.25) is 0 Å². The van der Waals surface area contributed by atoms with Gasteiger partial charge in [0, 0.05) is 18.0 Å². The van der Waals surface area contributed by atoms with Crippen molar-refractivity contribution in [2.45, 2.75) is 13.8 Å². The summed E-state index contributed by atoms with van der Waals surface area (Å²) in [5, 5.41) is 3.23. The van der Waals surface area contributed by atoms with Gasteiger partial charge in [0.2, 0.25) is 0 Å². The van der Waals surface area contributed by atoms with Crippen LogP contribution in [0.1, 0.15) is 33.5 Å². The predicted molar refractivity (Wildman–Crippen MR) is 88.8 cm³/mol. The number of Topliss-reactive ketones (excluding diaryl/α,β-unsaturated/α-hetero) is 1. The van der Waals surface area contributed by atoms with E-state index in [2.05, 4.69) is 20.3 Å². The van der Waals surface area contributed by atoms with E-state index in [1.54, 1.807) is 6.20 Å². The van der Waals surface area contributed by atoms with Crippen molar-refractivity contribution in [2.24, 2.45) is 0 Å². The zero-order chi connectivity index (χ0) is 16.4. The molecule has 1 amide bonds. The van der Waals surface area contributed by atoms with Crippen LogP contribution in [0.25, 0.3) is 10.6 Å². The average molecular weight is 326 g/mol. The van der Waals surface area contributed by atoms with E-state index in [0.29, 0.717) is 16.4 Å². The predicted octanol–water partition coefficient (Wildman–Crippen LogP) is 3.30. The van der Waals surface area contributed by atoms with Crippen LogP contribution in [0.3, 0.4) is 0 Å². The summed E-state index contributed by atoms with van der Waals surface area (Å²) in [5.74, 6) is -0.429. The molecular weight excluding hydrogens is 312 g/mol. The van der Waals surface area contributed by atoms with Crippen molar-refractivity contribution in [3.8, 4) is 10.6 Å². The van der Waals surface area contributed by atoms with Crippen LogP contribution in [-0.2, 0) is 0 Å². The summed E-state index contributed by atoms with van der Waals surface area (Å²) >= 11 is 1.36. The van der Waals surface area contributed by atoms with Gasteiger partial charge in [0.05, 0.1) is 16.3 Å². The van der Waals surface area contributed by atoms with Crippen molar-refractivity contribution in [1.29, 1.82) is 0 Å². The van der Waals surface area contributed by atoms with E-state index in [0.717, 1.165) is 16.3 Å². The first-order valence-electron chi connectivity index (χ1n) is 6.94. The number of aromatic nitrogens is 3. The Hall–Kier alpha value is -2.80. The lowest BCUT2D eigenvalue weighted by atomic mass is 10.2. The number of anilines is 1. The molecule has 0 fully saturated rings. The number of carbonyl (C=O) groups excluding carboxylic acids is 2. The number of nitrogens with zero attached hydrogens (tertiary/aromatic N) is 2. The highest BCUT2D eigenvalue weighted by atomic mass is 32.1. The fraction of sp³-hybridized carbons (Fsp3) is 0.125. The van der Waals surface area contributed by atoms with Gasteiger partial charge in [-0.3, -0.25) is 19.9 Å². The molecule has 3 aromatic rings. The monoisotopic (exact) mass is 326 g/mol. The third kappa shape index (κ3) is 3.19. The fourth-order valence-electron chi connectivity index (χ4n) is 2.08. The minimum atomic E-state index is -0.334. The maximum atomic E-state index is 12.2. The van der Waals surface area contributed by atoms with Crippen LogP contribution in [0.4, 0.5) is 5.13 Å². The summed E-state index contributed by atoms with van der Waals surface area (Å²) in [6, 6.07) is 7.18. The van der Waals surface area contributed by atoms with Crippen LogP contribution >= 0.6 is 11.3 Å². The summed E-state index contributed by atoms with van der Waals surface area (Å²) in [4.78, 5) is 35.8. The number of carbonyl (C=O) groups is 2. The Balaban J connectivity index is 1.80. The zero-order valence-corrected chi connectivity index (χ0v) is 13.4. The van der Waals surface area contributed by atoms with Crippen molar-refractivity contribution < 1.29 is 9.59 Å². The van der Waals surface area contributed by atoms with Crippen molar-refractivity contribution in [3.05, 3.63) is 53.6 Å². The molecule has 7 heteroatoms. The molecule has 6 nitrogen and oxygen atoms in total. The molecule has 3 aromatic heterocycles. The molecule has 0 radical (unpaired) electrons. The average Bonchev–Trinajstić information content (AvgIpc) is 3.15. The second-order valence-electron chi connectivity index (χ2n) is 4.96. The molecule has 0 spiro atoms. The molecule has 0 aromatic carbocycles. The van der Waals surface area contributed by atoms with Gasteiger partial charge in [0.15, 0.2) is 10.9 Å². The Morgan fingerprint density at radius 2 is 2.13 bits per heavy atom. The quantitative estimate of drug-likeness (QED) is 0.720. The second-order valence-corrected chi connectivity index (χ2v) is 5.96. The molecule has 0 unspecified atom stereocenters. The van der Waals surface area contributed by atoms with Crippen molar-refractivity contribution in [3.63, 3.8) is 0 Å². The Bertz CT molecular complexity index is 867. The number of aromatic amines is 1. The molecule has 0 saturated carbocycles. The Morgan fingerprint density at radius 1 is 1.30 bits per heavy atom. The van der Waals surface area contributed by atoms with Crippen molar-refractivity contribution in [1.82, 2.24) is 15.0 Å². The van der Waals surface area contributed by atoms with E-state index in [4.69, 9.17) is 0 Å². The largest absolute Gasteiger partial charge is 0.356 e. The number of amides is 1. The van der Waals surface area contributed by atoms with Crippen LogP contribution in [-0.4, -0.2) is 26.6 Å². The normalized spacial score (nSPS) is 10.5. The molecule has 0 atom stereocenters. The molecule has 116 valence electrons. The molecule has 0 aliphatic carbocycles. The van der Waals surface area contributed by atoms with Crippen molar-refractivity contribution in [2.75, 3.05) is 5.32 Å². The number of thiazole rings is 1. The summed E-state index contributed by atoms with van der Waals surface area (Å²) in [6.45, 7) is 3.33. The van der Waals surface area contributed by atoms with Crippen molar-refractivity contribution >= 4 is 28.2 Å². The number of H-pyrrole nitrogens is 1. The highest BCUT2D eigenvalue weighted by Crippen LogP contribution is 2.31. The van der Waals surface area contributed by atoms with Gasteiger partial charge >= 0.3 is 0 Å². The molecule has 0 bridgehead atoms. The molecule has 0 aliphatic rings. The number of ketones is 1. The van der Waals surface area contributed by atoms with Crippen LogP contribution in [0.5, 0.6) is 0 Å². The standard InChI is InChI=1S/C16H14N4O2S/c1-9-14(12-5-3-4-6-17-12)23-16(19-9)20-15(22)13-7-11(8-18-13)10(2)21/h3-8,18H,1-2H3,(H,19,20,22). The topological polar surface area (TPSA) is 87.7 Å². The van der Waals surface area contributed by atoms with Crippen LogP contribution in [0, 0.1) is 6.92 Å². The third-order valence-electron chi connectivity index (χ3n) is 3.25. The Labute approximate surface area is 136 Å². The highest BCUT2D eigenvalue weighted by molar-refractivity contribution is 7.19. The molecular formula is C16H14N4O2S. The van der Waals surface area contributed by atoms with Gasteiger partial charge < -0.3 is 4.98 Å². The highest BCUT2D eigenvalue weighted by Gasteiger charge is 2.15. The first-order chi connectivity index (χ1) is 11.0. The fourth-order valence-corrected chi connectivity index (χ4v) is 3.02. The number of pyridine rings is 1. The molecule has 23 heavy (non-hydrogen) atoms. The maximum Gasteiger partial charge on any atom is 0.273 e. The molecule has 0 aliphatic heterocycles. The van der Waals surface area contributed by atoms with E-state index in [-0.39, 0.29) is 11.7 Å². The number of hydrogen-bond acceptors (Lipinski definition) is 5. The Kier molecular flexibility index (Phi) is 4.03.